The van der Waals surface area contributed by atoms with Crippen LogP contribution in [0.25, 0.3) is 0 Å². The van der Waals surface area contributed by atoms with Crippen LogP contribution in [0.1, 0.15) is 45.4 Å². The number of rotatable bonds is 10. The maximum atomic E-state index is 15.0. The number of hydrogen-bond donors (Lipinski definition) is 5. The number of carbonyl (C=O) groups is 1. The van der Waals surface area contributed by atoms with Gasteiger partial charge in [-0.25, -0.2) is 4.39 Å². The fourth-order valence-electron chi connectivity index (χ4n) is 6.81. The van der Waals surface area contributed by atoms with E-state index >= 15 is 4.39 Å². The summed E-state index contributed by atoms with van der Waals surface area (Å²) in [5.74, 6) is 0.584. The van der Waals surface area contributed by atoms with Crippen LogP contribution in [0.4, 0.5) is 4.39 Å². The highest BCUT2D eigenvalue weighted by molar-refractivity contribution is 5.79. The molecular formula is C25H47FN6O3. The van der Waals surface area contributed by atoms with Crippen molar-refractivity contribution < 1.29 is 18.7 Å². The minimum absolute atomic E-state index is 0.0519. The number of nitrogens with two attached hydrogens (primary N) is 1. The van der Waals surface area contributed by atoms with Crippen LogP contribution in [-0.4, -0.2) is 101 Å². The summed E-state index contributed by atoms with van der Waals surface area (Å²) in [7, 11) is 1.69. The summed E-state index contributed by atoms with van der Waals surface area (Å²) in [6.45, 7) is 6.92. The van der Waals surface area contributed by atoms with Gasteiger partial charge in [0, 0.05) is 70.2 Å². The zero-order valence-electron chi connectivity index (χ0n) is 21.5. The Labute approximate surface area is 209 Å². The molecule has 0 radical (unpaired) electrons. The van der Waals surface area contributed by atoms with Gasteiger partial charge >= 0.3 is 0 Å². The molecule has 9 unspecified atom stereocenters. The van der Waals surface area contributed by atoms with Gasteiger partial charge in [0.1, 0.15) is 6.17 Å². The number of piperazine rings is 1. The van der Waals surface area contributed by atoms with Crippen molar-refractivity contribution in [3.8, 4) is 0 Å². The van der Waals surface area contributed by atoms with E-state index < -0.39 is 6.17 Å². The lowest BCUT2D eigenvalue weighted by Gasteiger charge is -2.45. The molecule has 4 fully saturated rings. The van der Waals surface area contributed by atoms with Gasteiger partial charge in [0.25, 0.3) is 0 Å². The minimum Gasteiger partial charge on any atom is -0.381 e. The molecule has 202 valence electrons. The first-order chi connectivity index (χ1) is 17.0. The SMILES string of the molecule is COC1CCC(C2CNC3C(NC4CCC(C(=O)NCCOCCN)C(C)C4)NCCN23)C(F)C1. The van der Waals surface area contributed by atoms with Crippen LogP contribution in [0, 0.1) is 17.8 Å². The van der Waals surface area contributed by atoms with E-state index in [1.54, 1.807) is 7.11 Å². The molecule has 2 saturated carbocycles. The molecule has 0 aromatic heterocycles. The molecule has 0 aromatic carbocycles. The molecular weight excluding hydrogens is 451 g/mol. The second-order valence-corrected chi connectivity index (χ2v) is 10.9. The molecule has 10 heteroatoms. The second-order valence-electron chi connectivity index (χ2n) is 10.9. The van der Waals surface area contributed by atoms with Gasteiger partial charge in [-0.2, -0.15) is 0 Å². The number of fused-ring (bicyclic) bond motifs is 1. The third kappa shape index (κ3) is 6.71. The Bertz CT molecular complexity index is 675. The summed E-state index contributed by atoms with van der Waals surface area (Å²) in [6.07, 6.45) is 4.77. The smallest absolute Gasteiger partial charge is 0.223 e. The molecule has 0 spiro atoms. The Morgan fingerprint density at radius 1 is 1.17 bits per heavy atom. The predicted molar refractivity (Wildman–Crippen MR) is 133 cm³/mol. The fourth-order valence-corrected chi connectivity index (χ4v) is 6.81. The standard InChI is InChI=1S/C25H47FN6O3/c1-16-13-17(3-5-19(16)25(33)29-9-12-35-11-7-27)31-23-24-30-15-22(32(24)10-8-28-23)20-6-4-18(34-2)14-21(20)26/h16-24,28,30-31H,3-15,27H2,1-2H3,(H,29,33). The highest BCUT2D eigenvalue weighted by Gasteiger charge is 2.47. The van der Waals surface area contributed by atoms with E-state index in [1.807, 2.05) is 0 Å². The lowest BCUT2D eigenvalue weighted by atomic mass is 9.77. The van der Waals surface area contributed by atoms with Gasteiger partial charge < -0.3 is 20.5 Å². The number of hydrogen-bond acceptors (Lipinski definition) is 8. The highest BCUT2D eigenvalue weighted by Crippen LogP contribution is 2.36. The summed E-state index contributed by atoms with van der Waals surface area (Å²) >= 11 is 0. The zero-order valence-corrected chi connectivity index (χ0v) is 21.5. The first-order valence-electron chi connectivity index (χ1n) is 13.7. The van der Waals surface area contributed by atoms with Crippen molar-refractivity contribution in [2.45, 2.75) is 82.1 Å². The van der Waals surface area contributed by atoms with Gasteiger partial charge in [0.2, 0.25) is 5.91 Å². The lowest BCUT2D eigenvalue weighted by molar-refractivity contribution is -0.128. The van der Waals surface area contributed by atoms with Gasteiger partial charge in [0.05, 0.1) is 31.6 Å². The van der Waals surface area contributed by atoms with Gasteiger partial charge in [-0.3, -0.25) is 25.6 Å². The molecule has 2 heterocycles. The first-order valence-corrected chi connectivity index (χ1v) is 13.7. The Morgan fingerprint density at radius 3 is 2.77 bits per heavy atom. The van der Waals surface area contributed by atoms with Crippen LogP contribution in [0.2, 0.25) is 0 Å². The van der Waals surface area contributed by atoms with Crippen molar-refractivity contribution in [1.29, 1.82) is 0 Å². The third-order valence-corrected chi connectivity index (χ3v) is 8.70. The van der Waals surface area contributed by atoms with Crippen molar-refractivity contribution in [2.75, 3.05) is 53.0 Å². The van der Waals surface area contributed by atoms with E-state index in [2.05, 4.69) is 33.1 Å². The highest BCUT2D eigenvalue weighted by atomic mass is 19.1. The molecule has 4 rings (SSSR count). The predicted octanol–water partition coefficient (Wildman–Crippen LogP) is 0.155. The molecule has 2 aliphatic carbocycles. The molecule has 2 aliphatic heterocycles. The molecule has 0 bridgehead atoms. The van der Waals surface area contributed by atoms with Gasteiger partial charge in [-0.1, -0.05) is 6.92 Å². The average molecular weight is 499 g/mol. The maximum absolute atomic E-state index is 15.0. The molecule has 4 aliphatic rings. The molecule has 0 aromatic rings. The van der Waals surface area contributed by atoms with E-state index in [1.165, 1.54) is 0 Å². The van der Waals surface area contributed by atoms with Crippen molar-refractivity contribution in [3.05, 3.63) is 0 Å². The number of nitrogens with one attached hydrogen (secondary N) is 4. The number of methoxy groups -OCH3 is 1. The Hall–Kier alpha value is -0.880. The number of carbonyl (C=O) groups excluding carboxylic acids is 1. The molecule has 1 amide bonds. The van der Waals surface area contributed by atoms with Gasteiger partial charge in [-0.05, 0) is 38.0 Å². The van der Waals surface area contributed by atoms with Crippen molar-refractivity contribution >= 4 is 5.91 Å². The van der Waals surface area contributed by atoms with Crippen LogP contribution in [-0.2, 0) is 14.3 Å². The normalized spacial score (nSPS) is 40.4. The van der Waals surface area contributed by atoms with Crippen molar-refractivity contribution in [1.82, 2.24) is 26.2 Å². The third-order valence-electron chi connectivity index (χ3n) is 8.70. The molecule has 2 saturated heterocycles. The second kappa shape index (κ2) is 13.1. The van der Waals surface area contributed by atoms with Crippen molar-refractivity contribution in [3.63, 3.8) is 0 Å². The number of halogens is 1. The number of alkyl halides is 1. The lowest BCUT2D eigenvalue weighted by Crippen LogP contribution is -2.67. The molecule has 9 nitrogen and oxygen atoms in total. The maximum Gasteiger partial charge on any atom is 0.223 e. The van der Waals surface area contributed by atoms with Crippen LogP contribution < -0.4 is 27.0 Å². The Morgan fingerprint density at radius 2 is 2.03 bits per heavy atom. The van der Waals surface area contributed by atoms with Gasteiger partial charge in [-0.15, -0.1) is 0 Å². The summed E-state index contributed by atoms with van der Waals surface area (Å²) in [4.78, 5) is 15.2. The summed E-state index contributed by atoms with van der Waals surface area (Å²) < 4.78 is 25.8. The van der Waals surface area contributed by atoms with E-state index in [0.29, 0.717) is 44.7 Å². The van der Waals surface area contributed by atoms with Gasteiger partial charge in [0.15, 0.2) is 0 Å². The Kier molecular flexibility index (Phi) is 10.1. The van der Waals surface area contributed by atoms with E-state index in [-0.39, 0.29) is 42.2 Å². The topological polar surface area (TPSA) is 113 Å². The fraction of sp³-hybridized carbons (Fsp3) is 0.960. The molecule has 9 atom stereocenters. The average Bonchev–Trinajstić information content (AvgIpc) is 3.28. The molecule has 35 heavy (non-hydrogen) atoms. The minimum atomic E-state index is -0.796. The largest absolute Gasteiger partial charge is 0.381 e. The Balaban J connectivity index is 1.24. The van der Waals surface area contributed by atoms with E-state index in [4.69, 9.17) is 15.2 Å². The zero-order chi connectivity index (χ0) is 24.8. The van der Waals surface area contributed by atoms with Crippen molar-refractivity contribution in [2.24, 2.45) is 23.5 Å². The van der Waals surface area contributed by atoms with Crippen LogP contribution in [0.5, 0.6) is 0 Å². The number of amides is 1. The van der Waals surface area contributed by atoms with E-state index in [0.717, 1.165) is 51.7 Å². The van der Waals surface area contributed by atoms with E-state index in [9.17, 15) is 4.79 Å². The number of ether oxygens (including phenoxy) is 2. The van der Waals surface area contributed by atoms with Crippen LogP contribution in [0.15, 0.2) is 0 Å². The summed E-state index contributed by atoms with van der Waals surface area (Å²) in [5.41, 5.74) is 5.42. The molecule has 6 N–H and O–H groups in total. The van der Waals surface area contributed by atoms with Crippen LogP contribution in [0.3, 0.4) is 0 Å². The summed E-state index contributed by atoms with van der Waals surface area (Å²) in [6, 6.07) is 0.609. The monoisotopic (exact) mass is 498 g/mol. The number of nitrogens with zero attached hydrogens (tertiary/aromatic N) is 1. The quantitative estimate of drug-likeness (QED) is 0.271. The first kappa shape index (κ1) is 27.2. The van der Waals surface area contributed by atoms with Crippen LogP contribution >= 0.6 is 0 Å². The summed E-state index contributed by atoms with van der Waals surface area (Å²) in [5, 5.41) is 14.2.